The molecule has 0 spiro atoms. The molecule has 29 heavy (non-hydrogen) atoms. The Hall–Kier alpha value is -2.77. The third-order valence-corrected chi connectivity index (χ3v) is 5.63. The molecule has 1 aromatic carbocycles. The van der Waals surface area contributed by atoms with Gasteiger partial charge in [0.15, 0.2) is 0 Å². The number of methoxy groups -OCH3 is 1. The lowest BCUT2D eigenvalue weighted by Crippen LogP contribution is -2.35. The molecule has 0 saturated carbocycles. The van der Waals surface area contributed by atoms with Crippen LogP contribution in [0.2, 0.25) is 0 Å². The summed E-state index contributed by atoms with van der Waals surface area (Å²) in [5.74, 6) is 0.344. The van der Waals surface area contributed by atoms with Crippen molar-refractivity contribution < 1.29 is 14.2 Å². The predicted octanol–water partition coefficient (Wildman–Crippen LogP) is 3.57. The summed E-state index contributed by atoms with van der Waals surface area (Å²) in [6.07, 6.45) is 4.72. The molecule has 0 bridgehead atoms. The number of nitrogens with one attached hydrogen (secondary N) is 1. The zero-order valence-corrected chi connectivity index (χ0v) is 16.4. The lowest BCUT2D eigenvalue weighted by Gasteiger charge is -2.34. The van der Waals surface area contributed by atoms with Gasteiger partial charge >= 0.3 is 0 Å². The topological polar surface area (TPSA) is 74.3 Å². The number of H-pyrrole nitrogens is 1. The van der Waals surface area contributed by atoms with Crippen LogP contribution in [0, 0.1) is 11.7 Å². The van der Waals surface area contributed by atoms with Crippen LogP contribution < -0.4 is 4.74 Å². The van der Waals surface area contributed by atoms with E-state index in [2.05, 4.69) is 20.1 Å². The van der Waals surface area contributed by atoms with Gasteiger partial charge in [-0.05, 0) is 56.1 Å². The van der Waals surface area contributed by atoms with Gasteiger partial charge < -0.3 is 9.84 Å². The summed E-state index contributed by atoms with van der Waals surface area (Å²) in [4.78, 5) is 6.60. The maximum Gasteiger partial charge on any atom is 0.136 e. The largest absolute Gasteiger partial charge is 0.497 e. The van der Waals surface area contributed by atoms with Gasteiger partial charge in [-0.1, -0.05) is 6.07 Å². The third-order valence-electron chi connectivity index (χ3n) is 5.63. The summed E-state index contributed by atoms with van der Waals surface area (Å²) in [6, 6.07) is 10.5. The molecule has 3 aromatic rings. The van der Waals surface area contributed by atoms with Crippen LogP contribution in [0.5, 0.6) is 5.75 Å². The fraction of sp³-hybridized carbons (Fsp3) is 0.364. The van der Waals surface area contributed by atoms with Gasteiger partial charge in [0, 0.05) is 29.9 Å². The van der Waals surface area contributed by atoms with Gasteiger partial charge in [0.05, 0.1) is 30.8 Å². The Morgan fingerprint density at radius 1 is 1.28 bits per heavy atom. The number of pyridine rings is 1. The first-order valence-corrected chi connectivity index (χ1v) is 9.83. The number of aromatic amines is 1. The highest BCUT2D eigenvalue weighted by Crippen LogP contribution is 2.32. The number of aromatic nitrogens is 3. The number of nitrogens with zero attached hydrogens (tertiary/aromatic N) is 3. The zero-order chi connectivity index (χ0) is 20.2. The summed E-state index contributed by atoms with van der Waals surface area (Å²) < 4.78 is 19.6. The van der Waals surface area contributed by atoms with E-state index < -0.39 is 6.10 Å². The smallest absolute Gasteiger partial charge is 0.136 e. The standard InChI is InChI=1S/C22H25FN4O2/c1-29-17-5-6-18(19(23)12-17)21-16(13-25-26-21)14-27-10-7-15(8-11-27)22(28)20-4-2-3-9-24-20/h2-6,9,12-13,15,22,28H,7-8,10-11,14H2,1H3,(H,25,26)/t22-/m1/s1. The van der Waals surface area contributed by atoms with Crippen LogP contribution in [0.15, 0.2) is 48.8 Å². The predicted molar refractivity (Wildman–Crippen MR) is 108 cm³/mol. The van der Waals surface area contributed by atoms with E-state index in [1.165, 1.54) is 13.2 Å². The first-order valence-electron chi connectivity index (χ1n) is 9.83. The quantitative estimate of drug-likeness (QED) is 0.666. The number of hydrogen-bond acceptors (Lipinski definition) is 5. The third kappa shape index (κ3) is 4.31. The minimum absolute atomic E-state index is 0.198. The van der Waals surface area contributed by atoms with Crippen LogP contribution in [0.4, 0.5) is 4.39 Å². The van der Waals surface area contributed by atoms with Gasteiger partial charge in [-0.2, -0.15) is 5.10 Å². The van der Waals surface area contributed by atoms with Crippen molar-refractivity contribution in [2.45, 2.75) is 25.5 Å². The molecule has 2 aromatic heterocycles. The number of halogens is 1. The van der Waals surface area contributed by atoms with E-state index in [9.17, 15) is 9.50 Å². The number of piperidine rings is 1. The van der Waals surface area contributed by atoms with Gasteiger partial charge in [-0.3, -0.25) is 15.0 Å². The van der Waals surface area contributed by atoms with Gasteiger partial charge in [0.2, 0.25) is 0 Å². The van der Waals surface area contributed by atoms with Crippen molar-refractivity contribution in [2.75, 3.05) is 20.2 Å². The molecule has 6 nitrogen and oxygen atoms in total. The maximum atomic E-state index is 14.5. The number of ether oxygens (including phenoxy) is 1. The number of benzene rings is 1. The second kappa shape index (κ2) is 8.71. The number of rotatable bonds is 6. The van der Waals surface area contributed by atoms with E-state index in [0.29, 0.717) is 23.6 Å². The molecule has 1 aliphatic heterocycles. The normalized spacial score (nSPS) is 16.7. The molecule has 1 saturated heterocycles. The number of hydrogen-bond donors (Lipinski definition) is 2. The highest BCUT2D eigenvalue weighted by atomic mass is 19.1. The number of aliphatic hydroxyl groups excluding tert-OH is 1. The van der Waals surface area contributed by atoms with E-state index >= 15 is 0 Å². The van der Waals surface area contributed by atoms with Crippen LogP contribution >= 0.6 is 0 Å². The van der Waals surface area contributed by atoms with E-state index in [1.807, 2.05) is 18.2 Å². The van der Waals surface area contributed by atoms with Crippen molar-refractivity contribution in [2.24, 2.45) is 5.92 Å². The molecule has 3 heterocycles. The summed E-state index contributed by atoms with van der Waals surface area (Å²) in [5.41, 5.74) is 2.87. The Balaban J connectivity index is 1.40. The summed E-state index contributed by atoms with van der Waals surface area (Å²) in [6.45, 7) is 2.41. The van der Waals surface area contributed by atoms with Crippen molar-refractivity contribution in [3.8, 4) is 17.0 Å². The van der Waals surface area contributed by atoms with E-state index in [1.54, 1.807) is 24.5 Å². The lowest BCUT2D eigenvalue weighted by atomic mass is 9.89. The number of aliphatic hydroxyl groups is 1. The van der Waals surface area contributed by atoms with Crippen LogP contribution in [0.1, 0.15) is 30.2 Å². The molecule has 0 radical (unpaired) electrons. The SMILES string of the molecule is COc1ccc(-c2[nH]ncc2CN2CCC([C@@H](O)c3ccccn3)CC2)c(F)c1. The van der Waals surface area contributed by atoms with E-state index in [-0.39, 0.29) is 11.7 Å². The summed E-state index contributed by atoms with van der Waals surface area (Å²) in [7, 11) is 1.52. The van der Waals surface area contributed by atoms with Crippen molar-refractivity contribution >= 4 is 0 Å². The molecule has 152 valence electrons. The lowest BCUT2D eigenvalue weighted by molar-refractivity contribution is 0.0540. The fourth-order valence-electron chi connectivity index (χ4n) is 3.95. The van der Waals surface area contributed by atoms with Crippen molar-refractivity contribution in [1.29, 1.82) is 0 Å². The molecular weight excluding hydrogens is 371 g/mol. The highest BCUT2D eigenvalue weighted by Gasteiger charge is 2.27. The number of likely N-dealkylation sites (tertiary alicyclic amines) is 1. The monoisotopic (exact) mass is 396 g/mol. The molecule has 2 N–H and O–H groups in total. The molecule has 4 rings (SSSR count). The van der Waals surface area contributed by atoms with Crippen LogP contribution in [-0.2, 0) is 6.54 Å². The Bertz CT molecular complexity index is 939. The Morgan fingerprint density at radius 3 is 2.79 bits per heavy atom. The molecule has 1 aliphatic rings. The molecule has 0 aliphatic carbocycles. The Labute approximate surface area is 169 Å². The van der Waals surface area contributed by atoms with Crippen LogP contribution in [0.3, 0.4) is 0 Å². The second-order valence-corrected chi connectivity index (χ2v) is 7.43. The molecule has 0 unspecified atom stereocenters. The molecule has 7 heteroatoms. The van der Waals surface area contributed by atoms with Gasteiger partial charge in [0.1, 0.15) is 11.6 Å². The highest BCUT2D eigenvalue weighted by molar-refractivity contribution is 5.64. The zero-order valence-electron chi connectivity index (χ0n) is 16.4. The molecule has 0 amide bonds. The first kappa shape index (κ1) is 19.5. The van der Waals surface area contributed by atoms with E-state index in [4.69, 9.17) is 4.74 Å². The second-order valence-electron chi connectivity index (χ2n) is 7.43. The summed E-state index contributed by atoms with van der Waals surface area (Å²) in [5, 5.41) is 17.7. The summed E-state index contributed by atoms with van der Waals surface area (Å²) >= 11 is 0. The van der Waals surface area contributed by atoms with Crippen molar-refractivity contribution in [3.63, 3.8) is 0 Å². The van der Waals surface area contributed by atoms with Gasteiger partial charge in [-0.25, -0.2) is 4.39 Å². The minimum Gasteiger partial charge on any atom is -0.497 e. The van der Waals surface area contributed by atoms with Gasteiger partial charge in [0.25, 0.3) is 0 Å². The van der Waals surface area contributed by atoms with Crippen molar-refractivity contribution in [1.82, 2.24) is 20.1 Å². The van der Waals surface area contributed by atoms with Crippen LogP contribution in [0.25, 0.3) is 11.3 Å². The average Bonchev–Trinajstić information content (AvgIpc) is 3.22. The fourth-order valence-corrected chi connectivity index (χ4v) is 3.95. The molecule has 1 atom stereocenters. The Morgan fingerprint density at radius 2 is 2.10 bits per heavy atom. The molecular formula is C22H25FN4O2. The maximum absolute atomic E-state index is 14.5. The minimum atomic E-state index is -0.531. The van der Waals surface area contributed by atoms with Crippen molar-refractivity contribution in [3.05, 3.63) is 65.9 Å². The Kier molecular flexibility index (Phi) is 5.87. The van der Waals surface area contributed by atoms with Gasteiger partial charge in [-0.15, -0.1) is 0 Å². The average molecular weight is 396 g/mol. The molecule has 1 fully saturated rings. The first-order chi connectivity index (χ1) is 14.2. The van der Waals surface area contributed by atoms with E-state index in [0.717, 1.165) is 37.2 Å². The van der Waals surface area contributed by atoms with Crippen LogP contribution in [-0.4, -0.2) is 45.4 Å².